The Balaban J connectivity index is 0.000000258. The van der Waals surface area contributed by atoms with Gasteiger partial charge in [0.15, 0.2) is 33.3 Å². The van der Waals surface area contributed by atoms with Gasteiger partial charge in [0, 0.05) is 29.1 Å². The zero-order valence-corrected chi connectivity index (χ0v) is 77.0. The molecule has 0 aromatic heterocycles. The first-order valence-electron chi connectivity index (χ1n) is 40.8. The van der Waals surface area contributed by atoms with Crippen molar-refractivity contribution in [3.8, 4) is 0 Å². The Morgan fingerprint density at radius 2 is 0.816 bits per heavy atom. The maximum atomic E-state index is 14.7. The van der Waals surface area contributed by atoms with E-state index in [9.17, 15) is 9.36 Å². The average molecular weight is 1500 g/mol. The van der Waals surface area contributed by atoms with Crippen LogP contribution >= 0.6 is 7.14 Å². The topological polar surface area (TPSA) is 71.1 Å². The van der Waals surface area contributed by atoms with E-state index < -0.39 is 40.4 Å². The standard InChI is InChI=1S/C40H72O2Si2.C33H51O3PSi2.C19H32O/c1-29(19-17-25-37(3,4)5)33-23-24-34-32(20-18-26-40(33,34)12)22-21-31-27-35(41-43(13,14)38(6,7)8)30(2)36(28-31)42-44(15,16)39(9,10)11;1-26-30(35-38(8,9)32(2,3)4)24-27(25-31(26)36-39(10,11)33(5,6)7)22-23-37(34,28-18-14-12-15-19-28)29-20-16-13-17-21-29;1-14(8-6-12-18(2,3)4)15-10-11-16-17(20)9-7-13-19(15,16)5/h21-22,34-36H,2,17-20,23-28H2,1,3-16H3;12-22,30-31H,1,23-25H2,2-11H3;16H,6-13H2,1-5H3/b32-22+,33-29-;;15-14-/t34-,35+,36+,40+;30-,31-;16-,19+/m010/s1. The number of carbonyl (C=O) groups is 1. The average Bonchev–Trinajstić information content (AvgIpc) is 1.69. The lowest BCUT2D eigenvalue weighted by Crippen LogP contribution is -2.49. The van der Waals surface area contributed by atoms with Crippen LogP contribution in [0.3, 0.4) is 0 Å². The van der Waals surface area contributed by atoms with Crippen LogP contribution in [-0.4, -0.2) is 69.6 Å². The van der Waals surface area contributed by atoms with Gasteiger partial charge in [-0.05, 0) is 247 Å². The first kappa shape index (κ1) is 89.1. The number of hydrogen-bond donors (Lipinski definition) is 0. The molecule has 6 aliphatic carbocycles. The molecule has 2 aromatic carbocycles. The number of rotatable bonds is 19. The van der Waals surface area contributed by atoms with Crippen molar-refractivity contribution < 1.29 is 27.1 Å². The maximum absolute atomic E-state index is 14.7. The van der Waals surface area contributed by atoms with Gasteiger partial charge in [0.05, 0.1) is 24.4 Å². The summed E-state index contributed by atoms with van der Waals surface area (Å²) in [4.78, 5) is 12.2. The van der Waals surface area contributed by atoms with Crippen LogP contribution in [-0.2, 0) is 27.1 Å². The van der Waals surface area contributed by atoms with Gasteiger partial charge in [0.25, 0.3) is 0 Å². The summed E-state index contributed by atoms with van der Waals surface area (Å²) in [5.74, 6) is 1.57. The lowest BCUT2D eigenvalue weighted by molar-refractivity contribution is -0.127. The number of ketones is 1. The lowest BCUT2D eigenvalue weighted by atomic mass is 9.64. The van der Waals surface area contributed by atoms with E-state index in [2.05, 4.69) is 236 Å². The van der Waals surface area contributed by atoms with E-state index in [1.165, 1.54) is 100 Å². The van der Waals surface area contributed by atoms with Gasteiger partial charge in [-0.25, -0.2) is 0 Å². The highest BCUT2D eigenvalue weighted by atomic mass is 31.2. The second-order valence-electron chi connectivity index (χ2n) is 42.0. The minimum absolute atomic E-state index is 0.0393. The molecule has 0 amide bonds. The normalized spacial score (nSPS) is 26.6. The predicted octanol–water partition coefficient (Wildman–Crippen LogP) is 27.8. The monoisotopic (exact) mass is 1500 g/mol. The summed E-state index contributed by atoms with van der Waals surface area (Å²) < 4.78 is 42.8. The quantitative estimate of drug-likeness (QED) is 0.0793. The van der Waals surface area contributed by atoms with E-state index in [1.807, 2.05) is 60.7 Å². The summed E-state index contributed by atoms with van der Waals surface area (Å²) in [5.41, 5.74) is 14.8. The highest BCUT2D eigenvalue weighted by Gasteiger charge is 2.51. The molecule has 0 unspecified atom stereocenters. The Morgan fingerprint density at radius 1 is 0.485 bits per heavy atom. The van der Waals surface area contributed by atoms with Gasteiger partial charge < -0.3 is 22.3 Å². The molecule has 0 radical (unpaired) electrons. The largest absolute Gasteiger partial charge is 0.410 e. The number of hydrogen-bond acceptors (Lipinski definition) is 6. The van der Waals surface area contributed by atoms with Crippen molar-refractivity contribution in [2.75, 3.05) is 6.16 Å². The summed E-state index contributed by atoms with van der Waals surface area (Å²) in [6.45, 7) is 79.5. The summed E-state index contributed by atoms with van der Waals surface area (Å²) in [5, 5.41) is 2.32. The molecule has 11 heteroatoms. The molecular weight excluding hydrogens is 1340 g/mol. The molecule has 0 aliphatic heterocycles. The third kappa shape index (κ3) is 22.9. The molecule has 6 fully saturated rings. The molecule has 6 aliphatic rings. The fourth-order valence-electron chi connectivity index (χ4n) is 16.4. The smallest absolute Gasteiger partial charge is 0.192 e. The van der Waals surface area contributed by atoms with Crippen LogP contribution in [0.1, 0.15) is 281 Å². The van der Waals surface area contributed by atoms with Gasteiger partial charge in [-0.2, -0.15) is 0 Å². The van der Waals surface area contributed by atoms with E-state index in [-0.39, 0.29) is 50.0 Å². The molecule has 6 saturated carbocycles. The van der Waals surface area contributed by atoms with Gasteiger partial charge >= 0.3 is 0 Å². The molecule has 0 bridgehead atoms. The van der Waals surface area contributed by atoms with Crippen LogP contribution in [0.4, 0.5) is 0 Å². The first-order chi connectivity index (χ1) is 47.0. The van der Waals surface area contributed by atoms with E-state index in [1.54, 1.807) is 27.9 Å². The molecule has 0 N–H and O–H groups in total. The van der Waals surface area contributed by atoms with Gasteiger partial charge in [0.2, 0.25) is 0 Å². The van der Waals surface area contributed by atoms with Gasteiger partial charge in [0.1, 0.15) is 12.9 Å². The van der Waals surface area contributed by atoms with Gasteiger partial charge in [-0.3, -0.25) is 4.79 Å². The number of Topliss-reactive ketones (excluding diaryl/α,β-unsaturated/α-hetero) is 1. The van der Waals surface area contributed by atoms with Crippen molar-refractivity contribution in [1.82, 2.24) is 0 Å². The first-order valence-corrected chi connectivity index (χ1v) is 54.3. The molecule has 0 spiro atoms. The van der Waals surface area contributed by atoms with Crippen LogP contribution in [0, 0.1) is 33.5 Å². The van der Waals surface area contributed by atoms with Crippen LogP contribution in [0.5, 0.6) is 0 Å². The molecule has 8 rings (SSSR count). The SMILES string of the molecule is C/C(CCCC(C)(C)C)=C1\CC[C@H]2C(=O)CCC[C@]12C.C=C1[C@H](O[Si](C)(C)C(C)(C)C)CC(=C/C=C2\CCC[C@]3(C)/C(=C(/C)CCCC(C)(C)C)CC[C@@H]23)C[C@H]1O[Si](C)(C)C(C)(C)C.C=C1[C@H](O[Si](C)(C)C(C)(C)C)CC(=CCP(=O)(c2ccccc2)c2ccccc2)C[C@H]1O[Si](C)(C)C(C)(C)C. The van der Waals surface area contributed by atoms with Gasteiger partial charge in [-0.15, -0.1) is 0 Å². The summed E-state index contributed by atoms with van der Waals surface area (Å²) in [6, 6.07) is 19.9. The van der Waals surface area contributed by atoms with Crippen molar-refractivity contribution in [3.05, 3.63) is 142 Å². The highest BCUT2D eigenvalue weighted by molar-refractivity contribution is 7.78. The minimum atomic E-state index is -2.84. The third-order valence-corrected chi connectivity index (χ3v) is 48.2. The van der Waals surface area contributed by atoms with Crippen molar-refractivity contribution in [2.24, 2.45) is 33.5 Å². The summed E-state index contributed by atoms with van der Waals surface area (Å²) in [6.07, 6.45) is 30.8. The van der Waals surface area contributed by atoms with Crippen molar-refractivity contribution in [1.29, 1.82) is 0 Å². The zero-order chi connectivity index (χ0) is 77.8. The third-order valence-electron chi connectivity index (χ3n) is 27.3. The van der Waals surface area contributed by atoms with E-state index in [4.69, 9.17) is 17.7 Å². The molecular formula is C92H155O6PSi4. The molecule has 103 heavy (non-hydrogen) atoms. The Labute approximate surface area is 639 Å². The Bertz CT molecular complexity index is 3300. The van der Waals surface area contributed by atoms with Crippen molar-refractivity contribution >= 4 is 56.8 Å². The number of benzene rings is 2. The Kier molecular flexibility index (Phi) is 29.6. The molecule has 0 heterocycles. The fourth-order valence-corrected chi connectivity index (χ4v) is 24.2. The summed E-state index contributed by atoms with van der Waals surface area (Å²) in [7, 11) is -10.9. The summed E-state index contributed by atoms with van der Waals surface area (Å²) >= 11 is 0. The van der Waals surface area contributed by atoms with Crippen LogP contribution in [0.25, 0.3) is 0 Å². The van der Waals surface area contributed by atoms with Crippen LogP contribution < -0.4 is 10.6 Å². The minimum Gasteiger partial charge on any atom is -0.410 e. The maximum Gasteiger partial charge on any atom is 0.192 e. The Morgan fingerprint density at radius 3 is 1.17 bits per heavy atom. The van der Waals surface area contributed by atoms with E-state index in [0.717, 1.165) is 61.1 Å². The second kappa shape index (κ2) is 34.2. The number of allylic oxidation sites excluding steroid dienone is 8. The van der Waals surface area contributed by atoms with E-state index >= 15 is 0 Å². The van der Waals surface area contributed by atoms with Gasteiger partial charge in [-0.1, -0.05) is 270 Å². The fraction of sp³-hybridized carbons (Fsp3) is 0.707. The number of carbonyl (C=O) groups excluding carboxylic acids is 1. The van der Waals surface area contributed by atoms with E-state index in [0.29, 0.717) is 40.0 Å². The molecule has 0 saturated heterocycles. The van der Waals surface area contributed by atoms with Crippen molar-refractivity contribution in [3.63, 3.8) is 0 Å². The van der Waals surface area contributed by atoms with Crippen LogP contribution in [0.15, 0.2) is 142 Å². The lowest BCUT2D eigenvalue weighted by Gasteiger charge is -2.46. The zero-order valence-electron chi connectivity index (χ0n) is 72.1. The number of fused-ring (bicyclic) bond motifs is 2. The second-order valence-corrected chi connectivity index (χ2v) is 63.9. The Hall–Kier alpha value is -2.77. The molecule has 6 nitrogen and oxygen atoms in total. The predicted molar refractivity (Wildman–Crippen MR) is 460 cm³/mol. The molecule has 580 valence electrons. The van der Waals surface area contributed by atoms with Crippen LogP contribution in [0.2, 0.25) is 72.5 Å². The molecule has 8 atom stereocenters. The highest BCUT2D eigenvalue weighted by Crippen LogP contribution is 2.59. The van der Waals surface area contributed by atoms with Crippen molar-refractivity contribution in [2.45, 2.75) is 378 Å². The molecule has 2 aromatic rings.